The molecule has 0 bridgehead atoms. The molecule has 0 saturated heterocycles. The molecule has 1 unspecified atom stereocenters. The van der Waals surface area contributed by atoms with Crippen molar-refractivity contribution in [3.63, 3.8) is 0 Å². The van der Waals surface area contributed by atoms with E-state index in [-0.39, 0.29) is 5.41 Å². The Hall–Kier alpha value is -1.84. The Morgan fingerprint density at radius 1 is 1.19 bits per heavy atom. The third kappa shape index (κ3) is 3.70. The number of fused-ring (bicyclic) bond motifs is 3. The van der Waals surface area contributed by atoms with E-state index in [9.17, 15) is 9.59 Å². The molecule has 2 fully saturated rings. The lowest BCUT2D eigenvalue weighted by molar-refractivity contribution is -0.171. The predicted octanol–water partition coefficient (Wildman–Crippen LogP) is 6.13. The minimum atomic E-state index is -0.924. The Morgan fingerprint density at radius 3 is 2.65 bits per heavy atom. The van der Waals surface area contributed by atoms with Crippen molar-refractivity contribution >= 4 is 11.9 Å². The lowest BCUT2D eigenvalue weighted by Crippen LogP contribution is -2.54. The molecule has 4 heteroatoms. The van der Waals surface area contributed by atoms with Gasteiger partial charge in [-0.15, -0.1) is 0 Å². The van der Waals surface area contributed by atoms with E-state index in [2.05, 4.69) is 46.8 Å². The summed E-state index contributed by atoms with van der Waals surface area (Å²) in [4.78, 5) is 23.2. The summed E-state index contributed by atoms with van der Waals surface area (Å²) in [6, 6.07) is 0. The second kappa shape index (κ2) is 7.64. The number of rotatable bonds is 3. The molecule has 31 heavy (non-hydrogen) atoms. The van der Waals surface area contributed by atoms with Crippen LogP contribution in [0.2, 0.25) is 0 Å². The topological polar surface area (TPSA) is 52.6 Å². The van der Waals surface area contributed by atoms with Crippen LogP contribution in [-0.4, -0.2) is 18.2 Å². The van der Waals surface area contributed by atoms with Crippen molar-refractivity contribution in [3.8, 4) is 0 Å². The van der Waals surface area contributed by atoms with Crippen molar-refractivity contribution in [2.45, 2.75) is 86.4 Å². The highest BCUT2D eigenvalue weighted by molar-refractivity contribution is 5.86. The van der Waals surface area contributed by atoms with E-state index in [4.69, 9.17) is 9.47 Å². The van der Waals surface area contributed by atoms with Crippen LogP contribution < -0.4 is 0 Å². The Bertz CT molecular complexity index is 862. The van der Waals surface area contributed by atoms with E-state index in [1.54, 1.807) is 5.57 Å². The lowest BCUT2D eigenvalue weighted by Gasteiger charge is -2.62. The first-order chi connectivity index (χ1) is 14.5. The molecule has 2 saturated carbocycles. The molecule has 1 heterocycles. The normalized spacial score (nSPS) is 41.7. The molecule has 4 nitrogen and oxygen atoms in total. The lowest BCUT2D eigenvalue weighted by atomic mass is 9.43. The van der Waals surface area contributed by atoms with Gasteiger partial charge in [0.05, 0.1) is 0 Å². The quantitative estimate of drug-likeness (QED) is 0.402. The van der Waals surface area contributed by atoms with Crippen LogP contribution in [0, 0.1) is 34.0 Å². The highest BCUT2D eigenvalue weighted by Crippen LogP contribution is 2.66. The average Bonchev–Trinajstić information content (AvgIpc) is 3.02. The van der Waals surface area contributed by atoms with Crippen LogP contribution >= 0.6 is 0 Å². The summed E-state index contributed by atoms with van der Waals surface area (Å²) >= 11 is 0. The fraction of sp³-hybridized carbons (Fsp3) is 0.704. The van der Waals surface area contributed by atoms with E-state index in [1.807, 2.05) is 6.08 Å². The first kappa shape index (κ1) is 22.4. The van der Waals surface area contributed by atoms with Crippen molar-refractivity contribution in [2.24, 2.45) is 34.0 Å². The van der Waals surface area contributed by atoms with Crippen LogP contribution in [0.4, 0.5) is 0 Å². The number of carbonyl (C=O) groups excluding carboxylic acids is 2. The Morgan fingerprint density at radius 2 is 1.94 bits per heavy atom. The van der Waals surface area contributed by atoms with Gasteiger partial charge in [-0.2, -0.15) is 0 Å². The summed E-state index contributed by atoms with van der Waals surface area (Å²) in [7, 11) is 0. The van der Waals surface area contributed by atoms with Crippen molar-refractivity contribution in [3.05, 3.63) is 35.5 Å². The summed E-state index contributed by atoms with van der Waals surface area (Å²) in [6.07, 6.45) is 14.9. The minimum absolute atomic E-state index is 0.00384. The third-order valence-corrected chi connectivity index (χ3v) is 9.23. The van der Waals surface area contributed by atoms with Gasteiger partial charge in [0, 0.05) is 18.6 Å². The van der Waals surface area contributed by atoms with Gasteiger partial charge in [0.15, 0.2) is 0 Å². The maximum atomic E-state index is 11.8. The molecule has 6 atom stereocenters. The Kier molecular flexibility index (Phi) is 5.51. The number of allylic oxidation sites excluding steroid dienone is 3. The largest absolute Gasteiger partial charge is 0.421 e. The fourth-order valence-corrected chi connectivity index (χ4v) is 7.21. The molecule has 0 aromatic heterocycles. The van der Waals surface area contributed by atoms with Gasteiger partial charge in [-0.1, -0.05) is 64.8 Å². The number of hydrogen-bond donors (Lipinski definition) is 0. The molecule has 0 spiro atoms. The maximum absolute atomic E-state index is 11.8. The average molecular weight is 427 g/mol. The molecule has 0 aromatic rings. The van der Waals surface area contributed by atoms with Crippen LogP contribution in [0.15, 0.2) is 35.5 Å². The van der Waals surface area contributed by atoms with E-state index < -0.39 is 18.2 Å². The van der Waals surface area contributed by atoms with Gasteiger partial charge >= 0.3 is 11.9 Å². The van der Waals surface area contributed by atoms with Crippen LogP contribution in [0.1, 0.15) is 80.1 Å². The van der Waals surface area contributed by atoms with Crippen LogP contribution in [0.5, 0.6) is 0 Å². The Balaban J connectivity index is 1.67. The smallest absolute Gasteiger partial charge is 0.334 e. The summed E-state index contributed by atoms with van der Waals surface area (Å²) in [6.45, 7) is 13.5. The van der Waals surface area contributed by atoms with E-state index in [0.29, 0.717) is 34.2 Å². The minimum Gasteiger partial charge on any atom is -0.421 e. The third-order valence-electron chi connectivity index (χ3n) is 9.23. The predicted molar refractivity (Wildman–Crippen MR) is 121 cm³/mol. The first-order valence-corrected chi connectivity index (χ1v) is 12.0. The van der Waals surface area contributed by atoms with Crippen LogP contribution in [0.25, 0.3) is 0 Å². The second-order valence-electron chi connectivity index (χ2n) is 11.4. The number of carbonyl (C=O) groups is 2. The van der Waals surface area contributed by atoms with Gasteiger partial charge in [0.2, 0.25) is 0 Å². The van der Waals surface area contributed by atoms with Gasteiger partial charge in [0.25, 0.3) is 6.29 Å². The molecule has 4 aliphatic rings. The highest BCUT2D eigenvalue weighted by atomic mass is 16.7. The van der Waals surface area contributed by atoms with Gasteiger partial charge in [-0.3, -0.25) is 4.79 Å². The molecular weight excluding hydrogens is 388 g/mol. The molecule has 0 N–H and O–H groups in total. The molecule has 170 valence electrons. The molecule has 4 rings (SSSR count). The number of cyclic esters (lactones) is 1. The summed E-state index contributed by atoms with van der Waals surface area (Å²) in [5, 5.41) is 0. The van der Waals surface area contributed by atoms with E-state index in [0.717, 1.165) is 6.42 Å². The highest BCUT2D eigenvalue weighted by Gasteiger charge is 2.57. The molecule has 1 aliphatic heterocycles. The maximum Gasteiger partial charge on any atom is 0.334 e. The zero-order chi connectivity index (χ0) is 22.6. The van der Waals surface area contributed by atoms with Gasteiger partial charge in [-0.05, 0) is 66.1 Å². The van der Waals surface area contributed by atoms with E-state index >= 15 is 0 Å². The van der Waals surface area contributed by atoms with Crippen molar-refractivity contribution in [2.75, 3.05) is 0 Å². The zero-order valence-corrected chi connectivity index (χ0v) is 20.0. The summed E-state index contributed by atoms with van der Waals surface area (Å²) in [5.41, 5.74) is 2.94. The molecule has 0 amide bonds. The summed E-state index contributed by atoms with van der Waals surface area (Å²) < 4.78 is 10.4. The number of hydrogen-bond acceptors (Lipinski definition) is 4. The zero-order valence-electron chi connectivity index (χ0n) is 20.0. The monoisotopic (exact) mass is 426 g/mol. The van der Waals surface area contributed by atoms with Gasteiger partial charge in [0.1, 0.15) is 0 Å². The fourth-order valence-electron chi connectivity index (χ4n) is 7.21. The molecule has 3 aliphatic carbocycles. The molecule has 0 radical (unpaired) electrons. The van der Waals surface area contributed by atoms with Gasteiger partial charge in [-0.25, -0.2) is 4.79 Å². The van der Waals surface area contributed by atoms with Crippen molar-refractivity contribution in [1.82, 2.24) is 0 Å². The standard InChI is InChI=1S/C27H38O4/c1-17-11-14-27(6)21-8-7-13-25(3,4)20(21)9-10-22(27)26(17,5)15-12-19-16-23(29)31-24(19)30-18(2)28/h9,12,15-17,21-22,24H,7-8,10-11,13-14H2,1-6H3/b15-12+/t17-,21+,22+,24?,26-,27-/m0/s1. The number of ether oxygens (including phenoxy) is 2. The summed E-state index contributed by atoms with van der Waals surface area (Å²) in [5.74, 6) is 0.855. The van der Waals surface area contributed by atoms with Crippen LogP contribution in [-0.2, 0) is 19.1 Å². The Labute approximate surface area is 187 Å². The number of esters is 2. The van der Waals surface area contributed by atoms with E-state index in [1.165, 1.54) is 45.1 Å². The first-order valence-electron chi connectivity index (χ1n) is 12.0. The van der Waals surface area contributed by atoms with Crippen LogP contribution in [0.3, 0.4) is 0 Å². The molecule has 0 aromatic carbocycles. The second-order valence-corrected chi connectivity index (χ2v) is 11.4. The van der Waals surface area contributed by atoms with Crippen molar-refractivity contribution in [1.29, 1.82) is 0 Å². The SMILES string of the molecule is CC(=O)OC1OC(=O)C=C1/C=C/[C@]1(C)[C@H]2CC=C3[C@@H](CCCC3(C)C)[C@]2(C)CC[C@@H]1C. The van der Waals surface area contributed by atoms with Crippen molar-refractivity contribution < 1.29 is 19.1 Å². The van der Waals surface area contributed by atoms with Gasteiger partial charge < -0.3 is 9.47 Å². The molecular formula is C27H38O4.